The lowest BCUT2D eigenvalue weighted by molar-refractivity contribution is -0.128. The maximum Gasteiger partial charge on any atom is 0.246 e. The van der Waals surface area contributed by atoms with E-state index in [0.717, 1.165) is 12.8 Å². The molecule has 18 heavy (non-hydrogen) atoms. The van der Waals surface area contributed by atoms with E-state index >= 15 is 0 Å². The number of carbonyl (C=O) groups is 1. The van der Waals surface area contributed by atoms with Gasteiger partial charge in [-0.25, -0.2) is 0 Å². The van der Waals surface area contributed by atoms with Crippen molar-refractivity contribution in [3.63, 3.8) is 0 Å². The molecule has 0 fully saturated rings. The summed E-state index contributed by atoms with van der Waals surface area (Å²) < 4.78 is 6.64. The number of thiophene rings is 1. The predicted octanol–water partition coefficient (Wildman–Crippen LogP) is 2.72. The normalized spacial score (nSPS) is 12.7. The summed E-state index contributed by atoms with van der Waals surface area (Å²) >= 11 is 1.76. The van der Waals surface area contributed by atoms with E-state index in [1.165, 1.54) is 15.6 Å². The summed E-state index contributed by atoms with van der Waals surface area (Å²) in [5.41, 5.74) is 6.42. The summed E-state index contributed by atoms with van der Waals surface area (Å²) in [4.78, 5) is 10.8. The van der Waals surface area contributed by atoms with Gasteiger partial charge in [0, 0.05) is 11.3 Å². The first-order valence-corrected chi connectivity index (χ1v) is 6.92. The summed E-state index contributed by atoms with van der Waals surface area (Å²) in [7, 11) is 0. The molecule has 1 aromatic carbocycles. The fourth-order valence-corrected chi connectivity index (χ4v) is 2.56. The van der Waals surface area contributed by atoms with E-state index in [1.54, 1.807) is 18.3 Å². The van der Waals surface area contributed by atoms with Crippen molar-refractivity contribution in [2.24, 2.45) is 5.73 Å². The SMILES string of the molecule is CC(OCCCc1ccc2sccc2c1)C(N)=O. The third-order valence-corrected chi connectivity index (χ3v) is 3.79. The smallest absolute Gasteiger partial charge is 0.246 e. The second kappa shape index (κ2) is 5.98. The van der Waals surface area contributed by atoms with Crippen LogP contribution in [-0.4, -0.2) is 18.6 Å². The Hall–Kier alpha value is -1.39. The van der Waals surface area contributed by atoms with E-state index in [-0.39, 0.29) is 0 Å². The Kier molecular flexibility index (Phi) is 4.33. The van der Waals surface area contributed by atoms with Crippen LogP contribution in [-0.2, 0) is 16.0 Å². The van der Waals surface area contributed by atoms with Crippen LogP contribution < -0.4 is 5.73 Å². The molecule has 1 heterocycles. The number of rotatable bonds is 6. The molecular weight excluding hydrogens is 246 g/mol. The molecule has 3 nitrogen and oxygen atoms in total. The van der Waals surface area contributed by atoms with Crippen molar-refractivity contribution in [2.75, 3.05) is 6.61 Å². The second-order valence-corrected chi connectivity index (χ2v) is 5.26. The van der Waals surface area contributed by atoms with Gasteiger partial charge in [-0.05, 0) is 48.2 Å². The summed E-state index contributed by atoms with van der Waals surface area (Å²) in [6, 6.07) is 8.65. The topological polar surface area (TPSA) is 52.3 Å². The van der Waals surface area contributed by atoms with Gasteiger partial charge in [0.2, 0.25) is 5.91 Å². The minimum atomic E-state index is -0.496. The number of hydrogen-bond acceptors (Lipinski definition) is 3. The van der Waals surface area contributed by atoms with Gasteiger partial charge in [0.15, 0.2) is 0 Å². The van der Waals surface area contributed by atoms with Gasteiger partial charge in [0.25, 0.3) is 0 Å². The Morgan fingerprint density at radius 1 is 1.44 bits per heavy atom. The number of nitrogens with two attached hydrogens (primary N) is 1. The molecule has 0 aliphatic heterocycles. The fourth-order valence-electron chi connectivity index (χ4n) is 1.79. The molecule has 1 amide bonds. The van der Waals surface area contributed by atoms with Gasteiger partial charge in [-0.15, -0.1) is 11.3 Å². The lowest BCUT2D eigenvalue weighted by Gasteiger charge is -2.08. The molecular formula is C14H17NO2S. The molecule has 0 saturated carbocycles. The van der Waals surface area contributed by atoms with Gasteiger partial charge >= 0.3 is 0 Å². The maximum absolute atomic E-state index is 10.8. The van der Waals surface area contributed by atoms with Crippen molar-refractivity contribution in [3.05, 3.63) is 35.2 Å². The van der Waals surface area contributed by atoms with Crippen molar-refractivity contribution in [1.82, 2.24) is 0 Å². The number of ether oxygens (including phenoxy) is 1. The molecule has 0 radical (unpaired) electrons. The van der Waals surface area contributed by atoms with Gasteiger partial charge in [0.1, 0.15) is 6.10 Å². The van der Waals surface area contributed by atoms with Crippen LogP contribution in [0.1, 0.15) is 18.9 Å². The average molecular weight is 263 g/mol. The van der Waals surface area contributed by atoms with Crippen LogP contribution in [0, 0.1) is 0 Å². The number of benzene rings is 1. The van der Waals surface area contributed by atoms with Crippen molar-refractivity contribution >= 4 is 27.3 Å². The molecule has 2 rings (SSSR count). The number of hydrogen-bond donors (Lipinski definition) is 1. The van der Waals surface area contributed by atoms with Crippen molar-refractivity contribution in [3.8, 4) is 0 Å². The molecule has 1 unspecified atom stereocenters. The highest BCUT2D eigenvalue weighted by molar-refractivity contribution is 7.17. The van der Waals surface area contributed by atoms with Crippen LogP contribution in [0.3, 0.4) is 0 Å². The van der Waals surface area contributed by atoms with Crippen LogP contribution in [0.2, 0.25) is 0 Å². The van der Waals surface area contributed by atoms with Gasteiger partial charge in [-0.2, -0.15) is 0 Å². The summed E-state index contributed by atoms with van der Waals surface area (Å²) in [5, 5.41) is 3.40. The van der Waals surface area contributed by atoms with E-state index < -0.39 is 12.0 Å². The van der Waals surface area contributed by atoms with Gasteiger partial charge < -0.3 is 10.5 Å². The minimum absolute atomic E-state index is 0.408. The molecule has 2 N–H and O–H groups in total. The molecule has 0 spiro atoms. The summed E-state index contributed by atoms with van der Waals surface area (Å²) in [5.74, 6) is -0.408. The molecule has 0 aliphatic rings. The Morgan fingerprint density at radius 2 is 2.28 bits per heavy atom. The minimum Gasteiger partial charge on any atom is -0.369 e. The van der Waals surface area contributed by atoms with E-state index in [4.69, 9.17) is 10.5 Å². The molecule has 0 bridgehead atoms. The largest absolute Gasteiger partial charge is 0.369 e. The zero-order valence-electron chi connectivity index (χ0n) is 10.4. The zero-order valence-corrected chi connectivity index (χ0v) is 11.2. The van der Waals surface area contributed by atoms with Gasteiger partial charge in [0.05, 0.1) is 0 Å². The van der Waals surface area contributed by atoms with E-state index in [1.807, 2.05) is 0 Å². The van der Waals surface area contributed by atoms with Crippen LogP contribution in [0.5, 0.6) is 0 Å². The maximum atomic E-state index is 10.8. The first kappa shape index (κ1) is 13.1. The Morgan fingerprint density at radius 3 is 3.06 bits per heavy atom. The first-order valence-electron chi connectivity index (χ1n) is 6.04. The standard InChI is InChI=1S/C14H17NO2S/c1-10(14(15)16)17-7-2-3-11-4-5-13-12(9-11)6-8-18-13/h4-6,8-10H,2-3,7H2,1H3,(H2,15,16). The average Bonchev–Trinajstić information content (AvgIpc) is 2.81. The number of primary amides is 1. The second-order valence-electron chi connectivity index (χ2n) is 4.31. The van der Waals surface area contributed by atoms with Gasteiger partial charge in [-0.3, -0.25) is 4.79 Å². The van der Waals surface area contributed by atoms with Crippen molar-refractivity contribution in [2.45, 2.75) is 25.9 Å². The van der Waals surface area contributed by atoms with Crippen molar-refractivity contribution < 1.29 is 9.53 Å². The van der Waals surface area contributed by atoms with Crippen LogP contribution in [0.15, 0.2) is 29.6 Å². The Balaban J connectivity index is 1.81. The quantitative estimate of drug-likeness (QED) is 0.815. The molecule has 2 aromatic rings. The predicted molar refractivity (Wildman–Crippen MR) is 74.8 cm³/mol. The lowest BCUT2D eigenvalue weighted by atomic mass is 10.1. The van der Waals surface area contributed by atoms with Crippen LogP contribution >= 0.6 is 11.3 Å². The Labute approximate surface area is 111 Å². The number of carbonyl (C=O) groups excluding carboxylic acids is 1. The highest BCUT2D eigenvalue weighted by Gasteiger charge is 2.07. The fraction of sp³-hybridized carbons (Fsp3) is 0.357. The van der Waals surface area contributed by atoms with E-state index in [2.05, 4.69) is 29.6 Å². The molecule has 0 aliphatic carbocycles. The third-order valence-electron chi connectivity index (χ3n) is 2.90. The Bertz CT molecular complexity index is 535. The lowest BCUT2D eigenvalue weighted by Crippen LogP contribution is -2.28. The van der Waals surface area contributed by atoms with Crippen LogP contribution in [0.25, 0.3) is 10.1 Å². The van der Waals surface area contributed by atoms with E-state index in [0.29, 0.717) is 6.61 Å². The van der Waals surface area contributed by atoms with Crippen LogP contribution in [0.4, 0.5) is 0 Å². The van der Waals surface area contributed by atoms with E-state index in [9.17, 15) is 4.79 Å². The number of amides is 1. The zero-order chi connectivity index (χ0) is 13.0. The van der Waals surface area contributed by atoms with Crippen molar-refractivity contribution in [1.29, 1.82) is 0 Å². The highest BCUT2D eigenvalue weighted by Crippen LogP contribution is 2.22. The highest BCUT2D eigenvalue weighted by atomic mass is 32.1. The summed E-state index contributed by atoms with van der Waals surface area (Å²) in [6.45, 7) is 2.24. The molecule has 4 heteroatoms. The molecule has 1 aromatic heterocycles. The first-order chi connectivity index (χ1) is 8.66. The number of fused-ring (bicyclic) bond motifs is 1. The monoisotopic (exact) mass is 263 g/mol. The molecule has 96 valence electrons. The number of aryl methyl sites for hydroxylation is 1. The molecule has 1 atom stereocenters. The van der Waals surface area contributed by atoms with Gasteiger partial charge in [-0.1, -0.05) is 12.1 Å². The molecule has 0 saturated heterocycles. The third kappa shape index (κ3) is 3.31. The summed E-state index contributed by atoms with van der Waals surface area (Å²) in [6.07, 6.45) is 1.36.